The number of hydrogen-bond acceptors (Lipinski definition) is 3. The lowest BCUT2D eigenvalue weighted by Crippen LogP contribution is -2.41. The SMILES string of the molecule is CCCCCCCCCCCCCCCCS(=O)(=O)[O-].CCCCCCCCCCCCCCCC[N+](C)(C)CCCCCCCCCCCCCCCC. The number of nitrogens with zero attached hydrogens (tertiary/aromatic N) is 1. The molecule has 334 valence electrons. The van der Waals surface area contributed by atoms with E-state index < -0.39 is 10.1 Å². The van der Waals surface area contributed by atoms with Crippen LogP contribution < -0.4 is 0 Å². The van der Waals surface area contributed by atoms with Gasteiger partial charge in [-0.1, -0.05) is 258 Å². The second kappa shape index (κ2) is 46.6. The summed E-state index contributed by atoms with van der Waals surface area (Å²) in [6.45, 7) is 9.63. The van der Waals surface area contributed by atoms with Crippen LogP contribution in [-0.4, -0.2) is 50.4 Å². The fourth-order valence-corrected chi connectivity index (χ4v) is 8.61. The van der Waals surface area contributed by atoms with Crippen molar-refractivity contribution in [3.05, 3.63) is 0 Å². The van der Waals surface area contributed by atoms with Crippen molar-refractivity contribution < 1.29 is 17.5 Å². The average Bonchev–Trinajstić information content (AvgIpc) is 3.15. The number of unbranched alkanes of at least 4 members (excludes halogenated alkanes) is 39. The molecule has 0 bridgehead atoms. The third kappa shape index (κ3) is 56.0. The summed E-state index contributed by atoms with van der Waals surface area (Å²) in [5, 5.41) is 0. The highest BCUT2D eigenvalue weighted by atomic mass is 32.2. The van der Waals surface area contributed by atoms with E-state index in [2.05, 4.69) is 34.9 Å². The molecule has 0 atom stereocenters. The number of rotatable bonds is 45. The fourth-order valence-electron chi connectivity index (χ4n) is 8.05. The second-order valence-corrected chi connectivity index (χ2v) is 20.0. The molecule has 0 saturated heterocycles. The van der Waals surface area contributed by atoms with Gasteiger partial charge in [0.1, 0.15) is 0 Å². The molecule has 0 heterocycles. The van der Waals surface area contributed by atoms with Crippen LogP contribution in [0.2, 0.25) is 0 Å². The van der Waals surface area contributed by atoms with Crippen LogP contribution in [0.5, 0.6) is 0 Å². The molecule has 0 N–H and O–H groups in total. The smallest absolute Gasteiger partial charge is 0.0945 e. The normalized spacial score (nSPS) is 12.0. The third-order valence-corrected chi connectivity index (χ3v) is 12.8. The van der Waals surface area contributed by atoms with Crippen LogP contribution in [0.15, 0.2) is 0 Å². The topological polar surface area (TPSA) is 57.2 Å². The number of hydrogen-bond donors (Lipinski definition) is 0. The van der Waals surface area contributed by atoms with Gasteiger partial charge in [0.2, 0.25) is 0 Å². The summed E-state index contributed by atoms with van der Waals surface area (Å²) in [4.78, 5) is 0. The van der Waals surface area contributed by atoms with Gasteiger partial charge in [-0.25, -0.2) is 8.42 Å². The molecule has 0 unspecified atom stereocenters. The zero-order valence-electron chi connectivity index (χ0n) is 38.9. The van der Waals surface area contributed by atoms with E-state index in [0.717, 1.165) is 12.8 Å². The Morgan fingerprint density at radius 1 is 0.291 bits per heavy atom. The first-order valence-electron chi connectivity index (χ1n) is 25.4. The summed E-state index contributed by atoms with van der Waals surface area (Å²) in [6, 6.07) is 0. The zero-order chi connectivity index (χ0) is 40.8. The van der Waals surface area contributed by atoms with Gasteiger partial charge in [0.25, 0.3) is 0 Å². The van der Waals surface area contributed by atoms with Crippen molar-refractivity contribution in [1.82, 2.24) is 0 Å². The van der Waals surface area contributed by atoms with Crippen LogP contribution in [0.4, 0.5) is 0 Å². The van der Waals surface area contributed by atoms with Crippen LogP contribution in [0.25, 0.3) is 0 Å². The first-order valence-corrected chi connectivity index (χ1v) is 27.0. The molecule has 0 radical (unpaired) electrons. The molecule has 0 aliphatic rings. The van der Waals surface area contributed by atoms with Crippen molar-refractivity contribution in [2.24, 2.45) is 0 Å². The van der Waals surface area contributed by atoms with Gasteiger partial charge in [-0.15, -0.1) is 0 Å². The largest absolute Gasteiger partial charge is 0.748 e. The van der Waals surface area contributed by atoms with E-state index in [9.17, 15) is 13.0 Å². The Labute approximate surface area is 349 Å². The highest BCUT2D eigenvalue weighted by Gasteiger charge is 2.13. The van der Waals surface area contributed by atoms with Gasteiger partial charge >= 0.3 is 0 Å². The van der Waals surface area contributed by atoms with Gasteiger partial charge < -0.3 is 9.04 Å². The summed E-state index contributed by atoms with van der Waals surface area (Å²) in [7, 11) is 0.935. The Morgan fingerprint density at radius 2 is 0.455 bits per heavy atom. The van der Waals surface area contributed by atoms with Crippen LogP contribution in [0.1, 0.15) is 290 Å². The summed E-state index contributed by atoms with van der Waals surface area (Å²) in [5.41, 5.74) is 0. The van der Waals surface area contributed by atoms with E-state index in [-0.39, 0.29) is 5.75 Å². The van der Waals surface area contributed by atoms with E-state index >= 15 is 0 Å². The predicted octanol–water partition coefficient (Wildman–Crippen LogP) is 17.0. The Balaban J connectivity index is 0. The van der Waals surface area contributed by atoms with E-state index in [4.69, 9.17) is 0 Å². The molecule has 0 saturated carbocycles. The molecule has 0 aromatic rings. The molecule has 0 spiro atoms. The number of quaternary nitrogens is 1. The minimum Gasteiger partial charge on any atom is -0.748 e. The quantitative estimate of drug-likeness (QED) is 0.0350. The fraction of sp³-hybridized carbons (Fsp3) is 1.00. The standard InChI is InChI=1S/C34H72N.C16H34O3S/c1-5-7-9-11-13-15-17-19-21-23-25-27-29-31-33-35(3,4)34-32-30-28-26-24-22-20-18-16-14-12-10-8-6-2;1-2-3-4-5-6-7-8-9-10-11-12-13-14-15-16-20(17,18)19/h5-34H2,1-4H3;2-16H2,1H3,(H,17,18,19)/q+1;/p-1. The van der Waals surface area contributed by atoms with Crippen molar-refractivity contribution in [3.63, 3.8) is 0 Å². The van der Waals surface area contributed by atoms with Crippen LogP contribution in [-0.2, 0) is 10.1 Å². The van der Waals surface area contributed by atoms with Crippen molar-refractivity contribution in [2.45, 2.75) is 290 Å². The molecule has 0 rings (SSSR count). The zero-order valence-corrected chi connectivity index (χ0v) is 39.7. The Morgan fingerprint density at radius 3 is 0.636 bits per heavy atom. The molecule has 4 nitrogen and oxygen atoms in total. The van der Waals surface area contributed by atoms with E-state index in [1.54, 1.807) is 0 Å². The molecule has 0 fully saturated rings. The minimum atomic E-state index is -3.99. The van der Waals surface area contributed by atoms with Gasteiger partial charge in [-0.3, -0.25) is 0 Å². The van der Waals surface area contributed by atoms with Crippen molar-refractivity contribution in [3.8, 4) is 0 Å². The monoisotopic (exact) mass is 800 g/mol. The molecule has 0 aliphatic heterocycles. The van der Waals surface area contributed by atoms with Crippen LogP contribution in [0.3, 0.4) is 0 Å². The Bertz CT molecular complexity index is 765. The predicted molar refractivity (Wildman–Crippen MR) is 247 cm³/mol. The first-order chi connectivity index (χ1) is 26.7. The maximum absolute atomic E-state index is 10.4. The van der Waals surface area contributed by atoms with E-state index in [0.29, 0.717) is 6.42 Å². The summed E-state index contributed by atoms with van der Waals surface area (Å²) < 4.78 is 32.4. The van der Waals surface area contributed by atoms with Gasteiger partial charge in [0.15, 0.2) is 0 Å². The molecule has 0 amide bonds. The van der Waals surface area contributed by atoms with Gasteiger partial charge in [-0.05, 0) is 32.1 Å². The lowest BCUT2D eigenvalue weighted by Gasteiger charge is -2.30. The lowest BCUT2D eigenvalue weighted by molar-refractivity contribution is -0.890. The second-order valence-electron chi connectivity index (χ2n) is 18.4. The molecule has 0 aromatic heterocycles. The maximum Gasteiger partial charge on any atom is 0.0945 e. The van der Waals surface area contributed by atoms with Crippen molar-refractivity contribution in [1.29, 1.82) is 0 Å². The van der Waals surface area contributed by atoms with Crippen molar-refractivity contribution in [2.75, 3.05) is 32.9 Å². The van der Waals surface area contributed by atoms with E-state index in [1.807, 2.05) is 0 Å². The average molecular weight is 800 g/mol. The summed E-state index contributed by atoms with van der Waals surface area (Å²) >= 11 is 0. The van der Waals surface area contributed by atoms with Gasteiger partial charge in [0.05, 0.1) is 37.3 Å². The Hall–Kier alpha value is -0.130. The molecule has 0 aromatic carbocycles. The van der Waals surface area contributed by atoms with Crippen LogP contribution >= 0.6 is 0 Å². The summed E-state index contributed by atoms with van der Waals surface area (Å²) in [6.07, 6.45) is 58.1. The van der Waals surface area contributed by atoms with Gasteiger partial charge in [-0.2, -0.15) is 0 Å². The molecule has 0 aliphatic carbocycles. The van der Waals surface area contributed by atoms with Gasteiger partial charge in [0, 0.05) is 5.75 Å². The molecular weight excluding hydrogens is 695 g/mol. The molecular formula is C50H105NO3S. The maximum atomic E-state index is 10.4. The lowest BCUT2D eigenvalue weighted by atomic mass is 10.0. The highest BCUT2D eigenvalue weighted by Crippen LogP contribution is 2.17. The first kappa shape index (κ1) is 57.0. The third-order valence-electron chi connectivity index (χ3n) is 12.0. The Kier molecular flexibility index (Phi) is 48.2. The van der Waals surface area contributed by atoms with E-state index in [1.165, 1.54) is 268 Å². The van der Waals surface area contributed by atoms with Crippen LogP contribution in [0, 0.1) is 0 Å². The van der Waals surface area contributed by atoms with Crippen molar-refractivity contribution >= 4 is 10.1 Å². The molecule has 55 heavy (non-hydrogen) atoms. The summed E-state index contributed by atoms with van der Waals surface area (Å²) in [5.74, 6) is -0.189. The highest BCUT2D eigenvalue weighted by molar-refractivity contribution is 7.85. The minimum absolute atomic E-state index is 0.189. The molecule has 5 heteroatoms.